The first-order valence-corrected chi connectivity index (χ1v) is 13.1. The zero-order chi connectivity index (χ0) is 26.1. The van der Waals surface area contributed by atoms with Crippen molar-refractivity contribution in [3.8, 4) is 0 Å². The standard InChI is InChI=1S/C30H31N7O/c1-21-13-14-24-19-26(30(38)31-27(24)22(21)2)28(29-32-33-34-37(29)20-23-9-5-3-6-10-23)36-17-15-35(16-18-36)25-11-7-4-8-12-25/h3-14,19,28H,15-18,20H2,1-2H3,(H,31,38)/t28-/m0/s1. The number of nitrogens with one attached hydrogen (secondary N) is 1. The quantitative estimate of drug-likeness (QED) is 0.374. The molecule has 0 aliphatic carbocycles. The molecule has 8 nitrogen and oxygen atoms in total. The van der Waals surface area contributed by atoms with Crippen molar-refractivity contribution in [1.82, 2.24) is 30.1 Å². The van der Waals surface area contributed by atoms with E-state index in [0.29, 0.717) is 17.9 Å². The summed E-state index contributed by atoms with van der Waals surface area (Å²) in [6.45, 7) is 7.91. The molecule has 1 aliphatic rings. The third-order valence-corrected chi connectivity index (χ3v) is 7.65. The van der Waals surface area contributed by atoms with Crippen LogP contribution in [0.3, 0.4) is 0 Å². The van der Waals surface area contributed by atoms with Crippen LogP contribution in [0.25, 0.3) is 10.9 Å². The Kier molecular flexibility index (Phi) is 6.47. The highest BCUT2D eigenvalue weighted by Crippen LogP contribution is 2.30. The van der Waals surface area contributed by atoms with Gasteiger partial charge in [-0.05, 0) is 64.5 Å². The molecule has 1 fully saturated rings. The number of piperazine rings is 1. The van der Waals surface area contributed by atoms with Crippen molar-refractivity contribution in [1.29, 1.82) is 0 Å². The SMILES string of the molecule is Cc1ccc2cc([C@@H](c3nnnn3Cc3ccccc3)N3CCN(c4ccccc4)CC3)c(=O)[nH]c2c1C. The van der Waals surface area contributed by atoms with E-state index < -0.39 is 0 Å². The number of aromatic nitrogens is 5. The number of fused-ring (bicyclic) bond motifs is 1. The number of H-pyrrole nitrogens is 1. The predicted molar refractivity (Wildman–Crippen MR) is 149 cm³/mol. The minimum absolute atomic E-state index is 0.101. The van der Waals surface area contributed by atoms with E-state index in [1.165, 1.54) is 5.69 Å². The fraction of sp³-hybridized carbons (Fsp3) is 0.267. The molecule has 0 spiro atoms. The van der Waals surface area contributed by atoms with Crippen molar-refractivity contribution in [2.75, 3.05) is 31.1 Å². The van der Waals surface area contributed by atoms with E-state index in [1.54, 1.807) is 0 Å². The van der Waals surface area contributed by atoms with Crippen molar-refractivity contribution in [3.05, 3.63) is 117 Å². The van der Waals surface area contributed by atoms with Gasteiger partial charge in [0.05, 0.1) is 12.1 Å². The Morgan fingerprint density at radius 1 is 0.895 bits per heavy atom. The number of hydrogen-bond donors (Lipinski definition) is 1. The van der Waals surface area contributed by atoms with Gasteiger partial charge in [0, 0.05) is 37.4 Å². The predicted octanol–water partition coefficient (Wildman–Crippen LogP) is 4.09. The zero-order valence-corrected chi connectivity index (χ0v) is 21.7. The number of aromatic amines is 1. The van der Waals surface area contributed by atoms with Crippen LogP contribution in [0.5, 0.6) is 0 Å². The van der Waals surface area contributed by atoms with Crippen LogP contribution in [-0.2, 0) is 6.54 Å². The van der Waals surface area contributed by atoms with Gasteiger partial charge in [0.1, 0.15) is 6.04 Å². The minimum Gasteiger partial charge on any atom is -0.369 e. The third-order valence-electron chi connectivity index (χ3n) is 7.65. The lowest BCUT2D eigenvalue weighted by Crippen LogP contribution is -2.49. The molecule has 0 saturated carbocycles. The lowest BCUT2D eigenvalue weighted by molar-refractivity contribution is 0.200. The summed E-state index contributed by atoms with van der Waals surface area (Å²) in [6.07, 6.45) is 0. The molecular formula is C30H31N7O. The van der Waals surface area contributed by atoms with Crippen molar-refractivity contribution in [2.45, 2.75) is 26.4 Å². The van der Waals surface area contributed by atoms with Gasteiger partial charge in [-0.2, -0.15) is 0 Å². The fourth-order valence-electron chi connectivity index (χ4n) is 5.40. The van der Waals surface area contributed by atoms with Crippen LogP contribution in [0.2, 0.25) is 0 Å². The molecule has 8 heteroatoms. The van der Waals surface area contributed by atoms with Crippen LogP contribution >= 0.6 is 0 Å². The Balaban J connectivity index is 1.41. The Bertz CT molecular complexity index is 1600. The smallest absolute Gasteiger partial charge is 0.253 e. The Morgan fingerprint density at radius 2 is 1.61 bits per heavy atom. The van der Waals surface area contributed by atoms with Crippen molar-refractivity contribution in [3.63, 3.8) is 0 Å². The van der Waals surface area contributed by atoms with Crippen LogP contribution in [0.4, 0.5) is 5.69 Å². The van der Waals surface area contributed by atoms with Crippen LogP contribution in [0.15, 0.2) is 83.7 Å². The number of rotatable bonds is 6. The van der Waals surface area contributed by atoms with Gasteiger partial charge in [0.15, 0.2) is 5.82 Å². The Morgan fingerprint density at radius 3 is 2.34 bits per heavy atom. The maximum Gasteiger partial charge on any atom is 0.253 e. The second kappa shape index (κ2) is 10.2. The van der Waals surface area contributed by atoms with Crippen LogP contribution in [-0.4, -0.2) is 56.3 Å². The van der Waals surface area contributed by atoms with E-state index in [1.807, 2.05) is 41.9 Å². The van der Waals surface area contributed by atoms with E-state index in [4.69, 9.17) is 0 Å². The van der Waals surface area contributed by atoms with Gasteiger partial charge in [-0.25, -0.2) is 4.68 Å². The maximum absolute atomic E-state index is 13.7. The van der Waals surface area contributed by atoms with Crippen molar-refractivity contribution in [2.24, 2.45) is 0 Å². The summed E-state index contributed by atoms with van der Waals surface area (Å²) in [5, 5.41) is 13.9. The number of para-hydroxylation sites is 1. The lowest BCUT2D eigenvalue weighted by Gasteiger charge is -2.39. The average molecular weight is 506 g/mol. The summed E-state index contributed by atoms with van der Waals surface area (Å²) >= 11 is 0. The molecule has 0 bridgehead atoms. The van der Waals surface area contributed by atoms with Gasteiger partial charge >= 0.3 is 0 Å². The number of tetrazole rings is 1. The van der Waals surface area contributed by atoms with Crippen LogP contribution < -0.4 is 10.5 Å². The van der Waals surface area contributed by atoms with Crippen molar-refractivity contribution >= 4 is 16.6 Å². The van der Waals surface area contributed by atoms with Crippen LogP contribution in [0.1, 0.15) is 34.1 Å². The highest BCUT2D eigenvalue weighted by molar-refractivity contribution is 5.83. The van der Waals surface area contributed by atoms with Gasteiger partial charge < -0.3 is 9.88 Å². The van der Waals surface area contributed by atoms with E-state index in [2.05, 4.69) is 85.8 Å². The molecule has 0 unspecified atom stereocenters. The lowest BCUT2D eigenvalue weighted by atomic mass is 9.99. The van der Waals surface area contributed by atoms with E-state index in [9.17, 15) is 4.79 Å². The fourth-order valence-corrected chi connectivity index (χ4v) is 5.40. The van der Waals surface area contributed by atoms with Gasteiger partial charge in [0.2, 0.25) is 0 Å². The van der Waals surface area contributed by atoms with E-state index in [0.717, 1.165) is 53.8 Å². The number of pyridine rings is 1. The summed E-state index contributed by atoms with van der Waals surface area (Å²) in [6, 6.07) is 26.4. The highest BCUT2D eigenvalue weighted by Gasteiger charge is 2.33. The monoisotopic (exact) mass is 505 g/mol. The molecule has 5 aromatic rings. The van der Waals surface area contributed by atoms with Gasteiger partial charge in [0.25, 0.3) is 5.56 Å². The molecule has 3 aromatic carbocycles. The van der Waals surface area contributed by atoms with E-state index in [-0.39, 0.29) is 11.6 Å². The number of aryl methyl sites for hydroxylation is 2. The second-order valence-electron chi connectivity index (χ2n) is 9.97. The molecule has 3 heterocycles. The molecule has 1 N–H and O–H groups in total. The summed E-state index contributed by atoms with van der Waals surface area (Å²) in [7, 11) is 0. The largest absolute Gasteiger partial charge is 0.369 e. The van der Waals surface area contributed by atoms with E-state index >= 15 is 0 Å². The normalized spacial score (nSPS) is 15.2. The maximum atomic E-state index is 13.7. The molecular weight excluding hydrogens is 474 g/mol. The molecule has 192 valence electrons. The second-order valence-corrected chi connectivity index (χ2v) is 9.97. The number of anilines is 1. The van der Waals surface area contributed by atoms with Crippen molar-refractivity contribution < 1.29 is 0 Å². The molecule has 1 aliphatic heterocycles. The highest BCUT2D eigenvalue weighted by atomic mass is 16.1. The van der Waals surface area contributed by atoms with Gasteiger partial charge in [-0.1, -0.05) is 60.7 Å². The summed E-state index contributed by atoms with van der Waals surface area (Å²) in [4.78, 5) is 21.6. The Labute approximate surface area is 221 Å². The van der Waals surface area contributed by atoms with Gasteiger partial charge in [-0.15, -0.1) is 5.10 Å². The molecule has 0 radical (unpaired) electrons. The summed E-state index contributed by atoms with van der Waals surface area (Å²) < 4.78 is 1.83. The number of nitrogens with zero attached hydrogens (tertiary/aromatic N) is 6. The minimum atomic E-state index is -0.374. The average Bonchev–Trinajstić information content (AvgIpc) is 3.40. The number of benzene rings is 3. The topological polar surface area (TPSA) is 82.9 Å². The summed E-state index contributed by atoms with van der Waals surface area (Å²) in [5.41, 5.74) is 6.01. The molecule has 0 amide bonds. The number of hydrogen-bond acceptors (Lipinski definition) is 6. The van der Waals surface area contributed by atoms with Crippen LogP contribution in [0, 0.1) is 13.8 Å². The molecule has 38 heavy (non-hydrogen) atoms. The summed E-state index contributed by atoms with van der Waals surface area (Å²) in [5.74, 6) is 0.677. The van der Waals surface area contributed by atoms with Gasteiger partial charge in [-0.3, -0.25) is 9.69 Å². The third kappa shape index (κ3) is 4.59. The first-order chi connectivity index (χ1) is 18.6. The first-order valence-electron chi connectivity index (χ1n) is 13.1. The molecule has 2 aromatic heterocycles. The molecule has 6 rings (SSSR count). The molecule has 1 saturated heterocycles. The molecule has 1 atom stereocenters. The zero-order valence-electron chi connectivity index (χ0n) is 21.7. The first kappa shape index (κ1) is 24.1. The Hall–Kier alpha value is -4.30.